The third kappa shape index (κ3) is 8.04. The Morgan fingerprint density at radius 3 is 2.36 bits per heavy atom. The molecule has 300 valence electrons. The van der Waals surface area contributed by atoms with Crippen molar-refractivity contribution in [3.8, 4) is 22.8 Å². The van der Waals surface area contributed by atoms with Crippen LogP contribution in [0.15, 0.2) is 67.3 Å². The molecule has 2 saturated carbocycles. The van der Waals surface area contributed by atoms with Crippen molar-refractivity contribution in [2.75, 3.05) is 13.7 Å². The van der Waals surface area contributed by atoms with Gasteiger partial charge in [-0.15, -0.1) is 6.58 Å². The van der Waals surface area contributed by atoms with Gasteiger partial charge >= 0.3 is 6.09 Å². The number of carbonyl (C=O) groups excluding carboxylic acids is 3. The minimum atomic E-state index is -4.07. The molecule has 1 aromatic heterocycles. The zero-order valence-electron chi connectivity index (χ0n) is 32.6. The summed E-state index contributed by atoms with van der Waals surface area (Å²) >= 11 is 0. The first-order valence-electron chi connectivity index (χ1n) is 18.9. The Kier molecular flexibility index (Phi) is 10.9. The number of ether oxygens (including phenoxy) is 2. The lowest BCUT2D eigenvalue weighted by Crippen LogP contribution is -2.60. The van der Waals surface area contributed by atoms with Crippen LogP contribution in [0.5, 0.6) is 11.5 Å². The van der Waals surface area contributed by atoms with E-state index >= 15 is 0 Å². The summed E-state index contributed by atoms with van der Waals surface area (Å²) in [6.07, 6.45) is 0.685. The number of sulfonamides is 1. The summed E-state index contributed by atoms with van der Waals surface area (Å²) in [5.74, 6) is -1.66. The summed E-state index contributed by atoms with van der Waals surface area (Å²) in [5.41, 5.74) is -0.462. The van der Waals surface area contributed by atoms with Crippen LogP contribution in [-0.4, -0.2) is 89.4 Å². The van der Waals surface area contributed by atoms with Gasteiger partial charge in [-0.25, -0.2) is 18.2 Å². The van der Waals surface area contributed by atoms with E-state index in [0.717, 1.165) is 5.56 Å². The average Bonchev–Trinajstić information content (AvgIpc) is 4.04. The molecule has 2 aliphatic carbocycles. The Balaban J connectivity index is 1.33. The molecule has 3 aromatic rings. The number of carbonyl (C=O) groups is 4. The van der Waals surface area contributed by atoms with E-state index in [1.807, 2.05) is 50.2 Å². The number of amides is 4. The normalized spacial score (nSPS) is 23.2. The zero-order valence-corrected chi connectivity index (χ0v) is 33.4. The predicted octanol–water partition coefficient (Wildman–Crippen LogP) is 5.03. The monoisotopic (exact) mass is 789 g/mol. The lowest BCUT2D eigenvalue weighted by atomic mass is 9.85. The highest BCUT2D eigenvalue weighted by molar-refractivity contribution is 7.91. The number of fused-ring (bicyclic) bond motifs is 1. The lowest BCUT2D eigenvalue weighted by molar-refractivity contribution is -0.142. The van der Waals surface area contributed by atoms with E-state index in [2.05, 4.69) is 21.9 Å². The summed E-state index contributed by atoms with van der Waals surface area (Å²) in [5, 5.41) is 15.5. The van der Waals surface area contributed by atoms with Crippen molar-refractivity contribution in [3.63, 3.8) is 0 Å². The van der Waals surface area contributed by atoms with E-state index in [9.17, 15) is 32.7 Å². The molecule has 5 atom stereocenters. The van der Waals surface area contributed by atoms with Crippen LogP contribution < -0.4 is 24.8 Å². The largest absolute Gasteiger partial charge is 0.497 e. The number of nitrogens with one attached hydrogen (secondary N) is 3. The number of rotatable bonds is 14. The fourth-order valence-corrected chi connectivity index (χ4v) is 9.61. The number of nitrogens with zero attached hydrogens (tertiary/aromatic N) is 2. The van der Waals surface area contributed by atoms with Gasteiger partial charge < -0.3 is 30.1 Å². The van der Waals surface area contributed by atoms with E-state index < -0.39 is 73.6 Å². The highest BCUT2D eigenvalue weighted by Gasteiger charge is 2.63. The number of aromatic nitrogens is 1. The number of pyridine rings is 1. The SMILES string of the molecule is C=CC1CC1(NC(=O)C1CC(Oc2cc(-c3ccccc3)nc3cc(OC)ccc23)CN1C(=O)C(NC(=O)O)C(C)(C)C)C(=O)NS(=O)(=O)C1(CC(C)C)CC1. The lowest BCUT2D eigenvalue weighted by Gasteiger charge is -2.35. The molecule has 5 unspecified atom stereocenters. The van der Waals surface area contributed by atoms with Crippen molar-refractivity contribution in [1.29, 1.82) is 0 Å². The van der Waals surface area contributed by atoms with Gasteiger partial charge in [-0.05, 0) is 49.1 Å². The maximum atomic E-state index is 14.4. The standard InChI is InChI=1S/C41H51N5O9S/c1-8-26-22-41(26,37(49)45-56(52,53)40(16-17-40)21-24(2)3)44-35(47)32-19-28(23-46(32)36(48)34(39(4,5)6)43-38(50)51)55-33-20-30(25-12-10-9-11-13-25)42-31-18-27(54-7)14-15-29(31)33/h8-15,18,20,24,26,28,32,34,43H,1,16-17,19,21-23H2,2-7H3,(H,44,47)(H,45,49)(H,50,51). The second-order valence-corrected chi connectivity index (χ2v) is 18.8. The molecule has 14 nitrogen and oxygen atoms in total. The molecule has 3 aliphatic rings. The number of benzene rings is 2. The summed E-state index contributed by atoms with van der Waals surface area (Å²) in [6, 6.07) is 14.2. The van der Waals surface area contributed by atoms with Gasteiger partial charge in [-0.3, -0.25) is 19.1 Å². The van der Waals surface area contributed by atoms with E-state index in [1.54, 1.807) is 46.1 Å². The fourth-order valence-electron chi connectivity index (χ4n) is 7.77. The van der Waals surface area contributed by atoms with Gasteiger partial charge in [-0.2, -0.15) is 0 Å². The van der Waals surface area contributed by atoms with Crippen molar-refractivity contribution in [2.45, 2.75) is 95.2 Å². The highest BCUT2D eigenvalue weighted by atomic mass is 32.2. The van der Waals surface area contributed by atoms with Crippen LogP contribution in [0.1, 0.15) is 66.7 Å². The Morgan fingerprint density at radius 1 is 1.09 bits per heavy atom. The molecule has 3 fully saturated rings. The summed E-state index contributed by atoms with van der Waals surface area (Å²) in [6.45, 7) is 12.7. The van der Waals surface area contributed by atoms with Gasteiger partial charge in [-0.1, -0.05) is 71.0 Å². The number of likely N-dealkylation sites (tertiary alicyclic amines) is 1. The molecule has 0 bridgehead atoms. The molecule has 2 heterocycles. The third-order valence-corrected chi connectivity index (χ3v) is 13.2. The van der Waals surface area contributed by atoms with Crippen LogP contribution in [0.3, 0.4) is 0 Å². The number of hydrogen-bond acceptors (Lipinski definition) is 9. The minimum absolute atomic E-state index is 0.0194. The Morgan fingerprint density at radius 2 is 1.79 bits per heavy atom. The first-order valence-corrected chi connectivity index (χ1v) is 20.3. The van der Waals surface area contributed by atoms with E-state index in [-0.39, 0.29) is 25.3 Å². The van der Waals surface area contributed by atoms with Crippen LogP contribution in [0.25, 0.3) is 22.2 Å². The molecule has 6 rings (SSSR count). The molecule has 4 N–H and O–H groups in total. The second-order valence-electron chi connectivity index (χ2n) is 16.7. The maximum Gasteiger partial charge on any atom is 0.405 e. The number of hydrogen-bond donors (Lipinski definition) is 4. The molecule has 56 heavy (non-hydrogen) atoms. The quantitative estimate of drug-likeness (QED) is 0.161. The molecular weight excluding hydrogens is 739 g/mol. The molecule has 0 spiro atoms. The molecule has 0 radical (unpaired) electrons. The second kappa shape index (κ2) is 15.1. The minimum Gasteiger partial charge on any atom is -0.497 e. The molecule has 4 amide bonds. The van der Waals surface area contributed by atoms with Crippen molar-refractivity contribution in [1.82, 2.24) is 25.2 Å². The van der Waals surface area contributed by atoms with Crippen LogP contribution in [0.2, 0.25) is 0 Å². The topological polar surface area (TPSA) is 193 Å². The van der Waals surface area contributed by atoms with Crippen LogP contribution in [0.4, 0.5) is 4.79 Å². The van der Waals surface area contributed by atoms with Crippen molar-refractivity contribution < 1.29 is 42.2 Å². The first kappa shape index (κ1) is 40.5. The van der Waals surface area contributed by atoms with Gasteiger partial charge in [0.2, 0.25) is 21.8 Å². The van der Waals surface area contributed by atoms with Crippen molar-refractivity contribution in [3.05, 3.63) is 67.3 Å². The highest BCUT2D eigenvalue weighted by Crippen LogP contribution is 2.50. The average molecular weight is 790 g/mol. The summed E-state index contributed by atoms with van der Waals surface area (Å²) < 4.78 is 40.4. The fraction of sp³-hybridized carbons (Fsp3) is 0.488. The molecule has 15 heteroatoms. The van der Waals surface area contributed by atoms with Crippen LogP contribution in [-0.2, 0) is 24.4 Å². The smallest absolute Gasteiger partial charge is 0.405 e. The summed E-state index contributed by atoms with van der Waals surface area (Å²) in [4.78, 5) is 60.7. The first-order chi connectivity index (χ1) is 26.3. The van der Waals surface area contributed by atoms with E-state index in [0.29, 0.717) is 47.4 Å². The maximum absolute atomic E-state index is 14.4. The Labute approximate surface area is 327 Å². The van der Waals surface area contributed by atoms with E-state index in [4.69, 9.17) is 14.5 Å². The van der Waals surface area contributed by atoms with Crippen LogP contribution in [0, 0.1) is 17.3 Å². The predicted molar refractivity (Wildman–Crippen MR) is 210 cm³/mol. The Hall–Kier alpha value is -5.18. The van der Waals surface area contributed by atoms with E-state index in [1.165, 1.54) is 11.0 Å². The van der Waals surface area contributed by atoms with Gasteiger partial charge in [0.15, 0.2) is 0 Å². The van der Waals surface area contributed by atoms with Crippen LogP contribution >= 0.6 is 0 Å². The molecule has 1 saturated heterocycles. The van der Waals surface area contributed by atoms with Gasteiger partial charge in [0.1, 0.15) is 35.2 Å². The molecule has 1 aliphatic heterocycles. The van der Waals surface area contributed by atoms with Gasteiger partial charge in [0.05, 0.1) is 29.6 Å². The van der Waals surface area contributed by atoms with Gasteiger partial charge in [0, 0.05) is 35.4 Å². The zero-order chi connectivity index (χ0) is 40.8. The third-order valence-electron chi connectivity index (χ3n) is 11.0. The Bertz CT molecular complexity index is 2150. The van der Waals surface area contributed by atoms with Crippen molar-refractivity contribution in [2.24, 2.45) is 17.3 Å². The van der Waals surface area contributed by atoms with Crippen molar-refractivity contribution >= 4 is 44.7 Å². The van der Waals surface area contributed by atoms with Gasteiger partial charge in [0.25, 0.3) is 5.91 Å². The number of methoxy groups -OCH3 is 1. The summed E-state index contributed by atoms with van der Waals surface area (Å²) in [7, 11) is -2.52. The molecule has 2 aromatic carbocycles. The molecular formula is C41H51N5O9S. The number of carboxylic acid groups (broad SMARTS) is 1.